The highest BCUT2D eigenvalue weighted by Crippen LogP contribution is 2.34. The van der Waals surface area contributed by atoms with Crippen LogP contribution in [-0.4, -0.2) is 12.6 Å². The Morgan fingerprint density at radius 3 is 2.76 bits per heavy atom. The van der Waals surface area contributed by atoms with E-state index in [2.05, 4.69) is 0 Å². The summed E-state index contributed by atoms with van der Waals surface area (Å²) < 4.78 is 19.4. The minimum absolute atomic E-state index is 0.258. The smallest absolute Gasteiger partial charge is 0.316 e. The Morgan fingerprint density at radius 1 is 1.43 bits per heavy atom. The number of halogens is 2. The van der Waals surface area contributed by atoms with Gasteiger partial charge < -0.3 is 4.74 Å². The van der Waals surface area contributed by atoms with Crippen LogP contribution in [0, 0.1) is 5.82 Å². The first-order chi connectivity index (χ1) is 9.97. The van der Waals surface area contributed by atoms with Crippen molar-refractivity contribution in [3.8, 4) is 0 Å². The average molecular weight is 327 g/mol. The van der Waals surface area contributed by atoms with Gasteiger partial charge in [0.1, 0.15) is 5.82 Å². The Kier molecular flexibility index (Phi) is 5.01. The first-order valence-corrected chi connectivity index (χ1v) is 7.88. The van der Waals surface area contributed by atoms with Crippen molar-refractivity contribution in [3.63, 3.8) is 0 Å². The Labute approximate surface area is 132 Å². The van der Waals surface area contributed by atoms with Crippen LogP contribution in [0.1, 0.15) is 24.3 Å². The molecule has 1 aromatic carbocycles. The number of benzene rings is 1. The topological polar surface area (TPSA) is 26.3 Å². The zero-order valence-corrected chi connectivity index (χ0v) is 13.4. The lowest BCUT2D eigenvalue weighted by Crippen LogP contribution is -2.37. The molecule has 21 heavy (non-hydrogen) atoms. The summed E-state index contributed by atoms with van der Waals surface area (Å²) in [4.78, 5) is 13.4. The van der Waals surface area contributed by atoms with Crippen LogP contribution >= 0.6 is 22.9 Å². The fourth-order valence-corrected chi connectivity index (χ4v) is 3.29. The van der Waals surface area contributed by atoms with Crippen LogP contribution in [0.5, 0.6) is 0 Å². The molecule has 1 heterocycles. The van der Waals surface area contributed by atoms with E-state index in [-0.39, 0.29) is 6.61 Å². The molecule has 5 heteroatoms. The highest BCUT2D eigenvalue weighted by atomic mass is 35.5. The molecule has 0 aliphatic rings. The monoisotopic (exact) mass is 326 g/mol. The van der Waals surface area contributed by atoms with Crippen LogP contribution in [0.25, 0.3) is 0 Å². The zero-order valence-electron chi connectivity index (χ0n) is 11.9. The Hall–Kier alpha value is -1.39. The normalized spacial score (nSPS) is 13.7. The van der Waals surface area contributed by atoms with Gasteiger partial charge in [-0.05, 0) is 37.4 Å². The quantitative estimate of drug-likeness (QED) is 0.750. The molecule has 1 unspecified atom stereocenters. The number of ether oxygens (including phenoxy) is 1. The van der Waals surface area contributed by atoms with Gasteiger partial charge in [0.25, 0.3) is 0 Å². The van der Waals surface area contributed by atoms with Crippen molar-refractivity contribution in [2.45, 2.75) is 25.7 Å². The van der Waals surface area contributed by atoms with Gasteiger partial charge in [0.05, 0.1) is 12.0 Å². The van der Waals surface area contributed by atoms with Crippen LogP contribution in [0.3, 0.4) is 0 Å². The highest BCUT2D eigenvalue weighted by molar-refractivity contribution is 7.09. The first kappa shape index (κ1) is 16.0. The molecule has 2 rings (SSSR count). The number of carbonyl (C=O) groups is 1. The predicted molar refractivity (Wildman–Crippen MR) is 83.4 cm³/mol. The van der Waals surface area contributed by atoms with Crippen molar-refractivity contribution < 1.29 is 13.9 Å². The molecule has 112 valence electrons. The van der Waals surface area contributed by atoms with Gasteiger partial charge in [-0.2, -0.15) is 0 Å². The fourth-order valence-electron chi connectivity index (χ4n) is 2.27. The van der Waals surface area contributed by atoms with E-state index in [1.54, 1.807) is 26.0 Å². The minimum atomic E-state index is -1.07. The van der Waals surface area contributed by atoms with E-state index in [4.69, 9.17) is 16.3 Å². The number of carbonyl (C=O) groups excluding carboxylic acids is 1. The summed E-state index contributed by atoms with van der Waals surface area (Å²) in [7, 11) is 0. The molecule has 1 atom stereocenters. The number of thiophene rings is 1. The van der Waals surface area contributed by atoms with Gasteiger partial charge >= 0.3 is 5.97 Å². The highest BCUT2D eigenvalue weighted by Gasteiger charge is 2.39. The maximum Gasteiger partial charge on any atom is 0.316 e. The van der Waals surface area contributed by atoms with E-state index in [9.17, 15) is 9.18 Å². The molecule has 1 aromatic heterocycles. The molecule has 0 bridgehead atoms. The van der Waals surface area contributed by atoms with Gasteiger partial charge in [-0.3, -0.25) is 4.79 Å². The molecule has 2 aromatic rings. The third-order valence-corrected chi connectivity index (χ3v) is 4.47. The third kappa shape index (κ3) is 3.44. The van der Waals surface area contributed by atoms with E-state index in [1.165, 1.54) is 17.4 Å². The maximum atomic E-state index is 14.3. The minimum Gasteiger partial charge on any atom is -0.465 e. The maximum absolute atomic E-state index is 14.3. The van der Waals surface area contributed by atoms with Crippen molar-refractivity contribution in [3.05, 3.63) is 57.0 Å². The lowest BCUT2D eigenvalue weighted by Gasteiger charge is -2.27. The van der Waals surface area contributed by atoms with Gasteiger partial charge in [-0.15, -0.1) is 11.3 Å². The summed E-state index contributed by atoms with van der Waals surface area (Å²) in [5, 5.41) is 2.23. The molecule has 0 aliphatic heterocycles. The molecule has 0 fully saturated rings. The molecule has 0 radical (unpaired) electrons. The third-order valence-electron chi connectivity index (χ3n) is 3.36. The number of hydrogen-bond donors (Lipinski definition) is 0. The van der Waals surface area contributed by atoms with Gasteiger partial charge in [0.2, 0.25) is 0 Å². The molecule has 0 N–H and O–H groups in total. The van der Waals surface area contributed by atoms with Gasteiger partial charge in [-0.25, -0.2) is 4.39 Å². The SMILES string of the molecule is CCOC(=O)C(C)(Cc1cccs1)c1ccc(Cl)cc1F. The second-order valence-corrected chi connectivity index (χ2v) is 6.40. The Balaban J connectivity index is 2.46. The molecule has 0 saturated heterocycles. The standard InChI is InChI=1S/C16H16ClFO2S/c1-3-20-15(19)16(2,10-12-5-4-8-21-12)13-7-6-11(17)9-14(13)18/h4-9H,3,10H2,1-2H3. The molecule has 0 aliphatic carbocycles. The van der Waals surface area contributed by atoms with Crippen molar-refractivity contribution in [1.82, 2.24) is 0 Å². The Bertz CT molecular complexity index is 627. The lowest BCUT2D eigenvalue weighted by molar-refractivity contribution is -0.149. The molecular weight excluding hydrogens is 311 g/mol. The molecular formula is C16H16ClFO2S. The van der Waals surface area contributed by atoms with Gasteiger partial charge in [0, 0.05) is 21.9 Å². The van der Waals surface area contributed by atoms with Crippen molar-refractivity contribution in [2.75, 3.05) is 6.61 Å². The number of esters is 1. The zero-order chi connectivity index (χ0) is 15.5. The summed E-state index contributed by atoms with van der Waals surface area (Å²) in [5.41, 5.74) is -0.769. The summed E-state index contributed by atoms with van der Waals surface area (Å²) in [5.74, 6) is -0.922. The molecule has 2 nitrogen and oxygen atoms in total. The van der Waals surface area contributed by atoms with Gasteiger partial charge in [-0.1, -0.05) is 23.7 Å². The van der Waals surface area contributed by atoms with E-state index < -0.39 is 17.2 Å². The van der Waals surface area contributed by atoms with E-state index in [0.29, 0.717) is 17.0 Å². The fraction of sp³-hybridized carbons (Fsp3) is 0.312. The van der Waals surface area contributed by atoms with Crippen LogP contribution in [0.4, 0.5) is 4.39 Å². The molecule has 0 saturated carbocycles. The first-order valence-electron chi connectivity index (χ1n) is 6.62. The second kappa shape index (κ2) is 6.58. The van der Waals surface area contributed by atoms with Crippen LogP contribution in [0.2, 0.25) is 5.02 Å². The van der Waals surface area contributed by atoms with Crippen LogP contribution in [0.15, 0.2) is 35.7 Å². The predicted octanol–water partition coefficient (Wildman–Crippen LogP) is 4.60. The van der Waals surface area contributed by atoms with E-state index in [1.807, 2.05) is 17.5 Å². The van der Waals surface area contributed by atoms with E-state index in [0.717, 1.165) is 4.88 Å². The number of rotatable bonds is 5. The van der Waals surface area contributed by atoms with E-state index >= 15 is 0 Å². The second-order valence-electron chi connectivity index (χ2n) is 4.93. The summed E-state index contributed by atoms with van der Waals surface area (Å²) in [6.07, 6.45) is 0.391. The van der Waals surface area contributed by atoms with Crippen LogP contribution in [-0.2, 0) is 21.4 Å². The molecule has 0 spiro atoms. The van der Waals surface area contributed by atoms with Crippen molar-refractivity contribution >= 4 is 28.9 Å². The lowest BCUT2D eigenvalue weighted by atomic mass is 9.78. The van der Waals surface area contributed by atoms with Crippen LogP contribution < -0.4 is 0 Å². The van der Waals surface area contributed by atoms with Gasteiger partial charge in [0.15, 0.2) is 0 Å². The number of hydrogen-bond acceptors (Lipinski definition) is 3. The largest absolute Gasteiger partial charge is 0.465 e. The Morgan fingerprint density at radius 2 is 2.19 bits per heavy atom. The average Bonchev–Trinajstić information content (AvgIpc) is 2.91. The van der Waals surface area contributed by atoms with Crippen molar-refractivity contribution in [1.29, 1.82) is 0 Å². The summed E-state index contributed by atoms with van der Waals surface area (Å²) in [6.45, 7) is 3.70. The van der Waals surface area contributed by atoms with Crippen molar-refractivity contribution in [2.24, 2.45) is 0 Å². The summed E-state index contributed by atoms with van der Waals surface area (Å²) >= 11 is 7.33. The summed E-state index contributed by atoms with van der Waals surface area (Å²) in [6, 6.07) is 8.20. The molecule has 0 amide bonds.